The molecule has 6 nitrogen and oxygen atoms in total. The van der Waals surface area contributed by atoms with Gasteiger partial charge in [0.15, 0.2) is 5.82 Å². The zero-order valence-electron chi connectivity index (χ0n) is 20.8. The molecule has 1 aliphatic heterocycles. The van der Waals surface area contributed by atoms with Gasteiger partial charge in [0, 0.05) is 42.5 Å². The summed E-state index contributed by atoms with van der Waals surface area (Å²) >= 11 is 6.57. The Morgan fingerprint density at radius 1 is 1.29 bits per heavy atom. The average Bonchev–Trinajstić information content (AvgIpc) is 3.16. The van der Waals surface area contributed by atoms with Crippen LogP contribution in [0.1, 0.15) is 47.2 Å². The third-order valence-corrected chi connectivity index (χ3v) is 7.78. The van der Waals surface area contributed by atoms with E-state index in [-0.39, 0.29) is 22.6 Å². The second-order valence-corrected chi connectivity index (χ2v) is 10.6. The van der Waals surface area contributed by atoms with Gasteiger partial charge in [-0.05, 0) is 43.4 Å². The molecule has 0 aliphatic carbocycles. The van der Waals surface area contributed by atoms with Gasteiger partial charge in [-0.15, -0.1) is 0 Å². The van der Waals surface area contributed by atoms with Crippen LogP contribution in [0.5, 0.6) is 0 Å². The minimum absolute atomic E-state index is 0.0305. The fourth-order valence-electron chi connectivity index (χ4n) is 5.84. The van der Waals surface area contributed by atoms with E-state index in [1.165, 1.54) is 6.07 Å². The molecule has 3 N–H and O–H groups in total. The topological polar surface area (TPSA) is 77.1 Å². The summed E-state index contributed by atoms with van der Waals surface area (Å²) in [6.07, 6.45) is 2.40. The van der Waals surface area contributed by atoms with E-state index in [9.17, 15) is 5.11 Å². The molecule has 1 saturated heterocycles. The maximum absolute atomic E-state index is 15.3. The Morgan fingerprint density at radius 3 is 2.65 bits per heavy atom. The molecule has 1 fully saturated rings. The van der Waals surface area contributed by atoms with Gasteiger partial charge in [-0.1, -0.05) is 46.2 Å². The minimum Gasteiger partial charge on any atom is -0.387 e. The van der Waals surface area contributed by atoms with Crippen LogP contribution in [0.15, 0.2) is 24.4 Å². The van der Waals surface area contributed by atoms with Gasteiger partial charge < -0.3 is 20.3 Å². The average molecular weight is 488 g/mol. The van der Waals surface area contributed by atoms with E-state index in [0.29, 0.717) is 37.5 Å². The summed E-state index contributed by atoms with van der Waals surface area (Å²) in [6, 6.07) is 5.12. The lowest BCUT2D eigenvalue weighted by Gasteiger charge is -2.55. The summed E-state index contributed by atoms with van der Waals surface area (Å²) in [6.45, 7) is 14.1. The predicted octanol–water partition coefficient (Wildman–Crippen LogP) is 5.19. The Balaban J connectivity index is 1.81. The molecule has 1 unspecified atom stereocenters. The highest BCUT2D eigenvalue weighted by Crippen LogP contribution is 2.41. The number of hydrogen-bond donors (Lipinski definition) is 3. The van der Waals surface area contributed by atoms with Crippen molar-refractivity contribution in [3.05, 3.63) is 40.9 Å². The first-order valence-corrected chi connectivity index (χ1v) is 12.5. The number of aromatic nitrogens is 3. The van der Waals surface area contributed by atoms with Crippen molar-refractivity contribution in [3.8, 4) is 11.3 Å². The van der Waals surface area contributed by atoms with E-state index < -0.39 is 17.0 Å². The van der Waals surface area contributed by atoms with Crippen LogP contribution >= 0.6 is 11.6 Å². The summed E-state index contributed by atoms with van der Waals surface area (Å²) in [4.78, 5) is 14.6. The van der Waals surface area contributed by atoms with Gasteiger partial charge in [0.05, 0.1) is 16.2 Å². The van der Waals surface area contributed by atoms with Crippen LogP contribution in [0.25, 0.3) is 22.3 Å². The van der Waals surface area contributed by atoms with E-state index in [1.807, 2.05) is 46.8 Å². The van der Waals surface area contributed by atoms with Crippen LogP contribution in [-0.4, -0.2) is 50.8 Å². The SMILES string of the molecule is CCc1[nH]c2ncccc2c1-c1nc(N2CCNC(C)(C(O)(C(C)C)C(C)C)C2)c(Cl)cc1F. The number of rotatable bonds is 6. The molecule has 184 valence electrons. The first kappa shape index (κ1) is 24.9. The molecular formula is C26H35ClFN5O. The molecule has 34 heavy (non-hydrogen) atoms. The maximum atomic E-state index is 15.3. The number of hydrogen-bond acceptors (Lipinski definition) is 5. The number of nitrogens with zero attached hydrogens (tertiary/aromatic N) is 3. The number of anilines is 1. The summed E-state index contributed by atoms with van der Waals surface area (Å²) in [7, 11) is 0. The molecule has 0 bridgehead atoms. The van der Waals surface area contributed by atoms with E-state index >= 15 is 4.39 Å². The van der Waals surface area contributed by atoms with Crippen LogP contribution in [-0.2, 0) is 6.42 Å². The van der Waals surface area contributed by atoms with Gasteiger partial charge >= 0.3 is 0 Å². The van der Waals surface area contributed by atoms with Crippen molar-refractivity contribution in [1.29, 1.82) is 0 Å². The lowest BCUT2D eigenvalue weighted by molar-refractivity contribution is -0.116. The number of aromatic amines is 1. The number of fused-ring (bicyclic) bond motifs is 1. The van der Waals surface area contributed by atoms with Crippen molar-refractivity contribution >= 4 is 28.5 Å². The number of H-pyrrole nitrogens is 1. The highest BCUT2D eigenvalue weighted by Gasteiger charge is 2.53. The van der Waals surface area contributed by atoms with Crippen LogP contribution in [0.2, 0.25) is 5.02 Å². The number of halogens is 2. The van der Waals surface area contributed by atoms with Crippen molar-refractivity contribution in [2.75, 3.05) is 24.5 Å². The zero-order valence-corrected chi connectivity index (χ0v) is 21.6. The highest BCUT2D eigenvalue weighted by molar-refractivity contribution is 6.33. The van der Waals surface area contributed by atoms with Gasteiger partial charge in [0.25, 0.3) is 0 Å². The highest BCUT2D eigenvalue weighted by atomic mass is 35.5. The molecular weight excluding hydrogens is 453 g/mol. The molecule has 0 radical (unpaired) electrons. The molecule has 8 heteroatoms. The second kappa shape index (κ2) is 9.10. The second-order valence-electron chi connectivity index (χ2n) is 10.2. The van der Waals surface area contributed by atoms with Gasteiger partial charge in [0.2, 0.25) is 0 Å². The van der Waals surface area contributed by atoms with Crippen LogP contribution < -0.4 is 10.2 Å². The Kier molecular flexibility index (Phi) is 6.66. The summed E-state index contributed by atoms with van der Waals surface area (Å²) in [5.74, 6) is 0.124. The Bertz CT molecular complexity index is 1190. The number of aliphatic hydroxyl groups is 1. The number of aryl methyl sites for hydroxylation is 1. The lowest BCUT2D eigenvalue weighted by Crippen LogP contribution is -2.73. The van der Waals surface area contributed by atoms with E-state index in [2.05, 4.69) is 27.1 Å². The molecule has 3 aromatic rings. The van der Waals surface area contributed by atoms with Crippen molar-refractivity contribution in [2.45, 2.75) is 59.1 Å². The predicted molar refractivity (Wildman–Crippen MR) is 137 cm³/mol. The molecule has 4 heterocycles. The molecule has 4 rings (SSSR count). The summed E-state index contributed by atoms with van der Waals surface area (Å²) in [5.41, 5.74) is 1.01. The molecule has 0 aromatic carbocycles. The number of pyridine rings is 2. The smallest absolute Gasteiger partial charge is 0.151 e. The third-order valence-electron chi connectivity index (χ3n) is 7.50. The molecule has 3 aromatic heterocycles. The molecule has 0 spiro atoms. The van der Waals surface area contributed by atoms with E-state index in [0.717, 1.165) is 16.6 Å². The number of piperazine rings is 1. The zero-order chi connectivity index (χ0) is 24.8. The normalized spacial score (nSPS) is 19.6. The molecule has 1 atom stereocenters. The minimum atomic E-state index is -0.959. The Hall–Kier alpha value is -2.22. The van der Waals surface area contributed by atoms with Gasteiger partial charge in [-0.3, -0.25) is 0 Å². The lowest BCUT2D eigenvalue weighted by atomic mass is 9.66. The maximum Gasteiger partial charge on any atom is 0.151 e. The fraction of sp³-hybridized carbons (Fsp3) is 0.538. The summed E-state index contributed by atoms with van der Waals surface area (Å²) < 4.78 is 15.3. The standard InChI is InChI=1S/C26H35ClFN5O/c1-7-20-21(17-9-8-10-29-23(17)31-20)22-19(28)13-18(27)24(32-22)33-12-11-30-25(6,14-33)26(34,15(2)3)16(4)5/h8-10,13,15-16,30,34H,7,11-12,14H2,1-6H3,(H,29,31). The third kappa shape index (κ3) is 3.88. The van der Waals surface area contributed by atoms with Crippen LogP contribution in [0.4, 0.5) is 10.2 Å². The monoisotopic (exact) mass is 487 g/mol. The van der Waals surface area contributed by atoms with Crippen molar-refractivity contribution in [1.82, 2.24) is 20.3 Å². The van der Waals surface area contributed by atoms with Crippen molar-refractivity contribution in [2.24, 2.45) is 11.8 Å². The van der Waals surface area contributed by atoms with E-state index in [1.54, 1.807) is 6.20 Å². The molecule has 0 amide bonds. The first-order valence-electron chi connectivity index (χ1n) is 12.1. The molecule has 1 aliphatic rings. The Morgan fingerprint density at radius 2 is 2.00 bits per heavy atom. The quantitative estimate of drug-likeness (QED) is 0.446. The van der Waals surface area contributed by atoms with Gasteiger partial charge in [0.1, 0.15) is 17.2 Å². The number of nitrogens with one attached hydrogen (secondary N) is 2. The van der Waals surface area contributed by atoms with Crippen LogP contribution in [0.3, 0.4) is 0 Å². The largest absolute Gasteiger partial charge is 0.387 e. The Labute approximate surface area is 205 Å². The van der Waals surface area contributed by atoms with Crippen molar-refractivity contribution < 1.29 is 9.50 Å². The fourth-order valence-corrected chi connectivity index (χ4v) is 6.10. The summed E-state index contributed by atoms with van der Waals surface area (Å²) in [5, 5.41) is 16.5. The van der Waals surface area contributed by atoms with Gasteiger partial charge in [-0.25, -0.2) is 14.4 Å². The van der Waals surface area contributed by atoms with Crippen molar-refractivity contribution in [3.63, 3.8) is 0 Å². The first-order chi connectivity index (χ1) is 16.0. The molecule has 0 saturated carbocycles. The van der Waals surface area contributed by atoms with E-state index in [4.69, 9.17) is 16.6 Å². The van der Waals surface area contributed by atoms with Crippen LogP contribution in [0, 0.1) is 17.7 Å². The van der Waals surface area contributed by atoms with Gasteiger partial charge in [-0.2, -0.15) is 0 Å².